The van der Waals surface area contributed by atoms with Crippen LogP contribution >= 0.6 is 11.3 Å². The van der Waals surface area contributed by atoms with Crippen LogP contribution in [0.1, 0.15) is 0 Å². The van der Waals surface area contributed by atoms with Gasteiger partial charge in [-0.15, -0.1) is 11.3 Å². The van der Waals surface area contributed by atoms with Gasteiger partial charge in [0, 0.05) is 65.1 Å². The molecule has 5 heteroatoms. The van der Waals surface area contributed by atoms with Gasteiger partial charge in [0.05, 0.1) is 38.2 Å². The molecule has 266 valence electrons. The topological polar surface area (TPSA) is 35.6 Å². The number of para-hydroxylation sites is 3. The maximum Gasteiger partial charge on any atom is 0.160 e. The molecule has 4 nitrogen and oxygen atoms in total. The fourth-order valence-corrected chi connectivity index (χ4v) is 9.97. The first-order valence-electron chi connectivity index (χ1n) is 19.2. The number of hydrogen-bond acceptors (Lipinski definition) is 3. The second-order valence-electron chi connectivity index (χ2n) is 14.6. The van der Waals surface area contributed by atoms with Crippen LogP contribution in [-0.2, 0) is 0 Å². The van der Waals surface area contributed by atoms with Crippen LogP contribution in [0.15, 0.2) is 194 Å². The molecule has 0 unspecified atom stereocenters. The highest BCUT2D eigenvalue weighted by molar-refractivity contribution is 7.26. The number of nitrogens with zero attached hydrogens (tertiary/aromatic N) is 4. The second kappa shape index (κ2) is 12.6. The zero-order valence-corrected chi connectivity index (χ0v) is 31.5. The number of hydrogen-bond donors (Lipinski definition) is 0. The molecule has 0 N–H and O–H groups in total. The fraction of sp³-hybridized carbons (Fsp3) is 0. The van der Waals surface area contributed by atoms with Crippen molar-refractivity contribution in [3.8, 4) is 45.3 Å². The van der Waals surface area contributed by atoms with Crippen LogP contribution in [0.3, 0.4) is 0 Å². The Morgan fingerprint density at radius 3 is 1.56 bits per heavy atom. The highest BCUT2D eigenvalue weighted by Gasteiger charge is 2.20. The van der Waals surface area contributed by atoms with E-state index in [-0.39, 0.29) is 0 Å². The Hall–Kier alpha value is -7.34. The molecule has 57 heavy (non-hydrogen) atoms. The molecule has 4 heterocycles. The summed E-state index contributed by atoms with van der Waals surface area (Å²) >= 11 is 1.89. The minimum Gasteiger partial charge on any atom is -0.309 e. The average molecular weight is 745 g/mol. The van der Waals surface area contributed by atoms with E-state index in [9.17, 15) is 0 Å². The van der Waals surface area contributed by atoms with Gasteiger partial charge in [-0.2, -0.15) is 0 Å². The van der Waals surface area contributed by atoms with Gasteiger partial charge >= 0.3 is 0 Å². The van der Waals surface area contributed by atoms with Gasteiger partial charge in [0.2, 0.25) is 0 Å². The second-order valence-corrected chi connectivity index (χ2v) is 15.6. The Kier molecular flexibility index (Phi) is 7.06. The molecule has 0 spiro atoms. The summed E-state index contributed by atoms with van der Waals surface area (Å²) in [6.45, 7) is 0. The summed E-state index contributed by atoms with van der Waals surface area (Å²) in [5.74, 6) is 0.704. The molecule has 0 aliphatic heterocycles. The van der Waals surface area contributed by atoms with Gasteiger partial charge in [-0.3, -0.25) is 0 Å². The van der Waals surface area contributed by atoms with Crippen molar-refractivity contribution in [2.45, 2.75) is 0 Å². The van der Waals surface area contributed by atoms with Crippen LogP contribution in [0.2, 0.25) is 0 Å². The predicted molar refractivity (Wildman–Crippen MR) is 240 cm³/mol. The smallest absolute Gasteiger partial charge is 0.160 e. The van der Waals surface area contributed by atoms with Crippen LogP contribution in [0.5, 0.6) is 0 Å². The molecule has 0 radical (unpaired) electrons. The van der Waals surface area contributed by atoms with E-state index in [0.717, 1.165) is 33.8 Å². The third kappa shape index (κ3) is 4.99. The van der Waals surface area contributed by atoms with E-state index < -0.39 is 0 Å². The zero-order chi connectivity index (χ0) is 37.5. The lowest BCUT2D eigenvalue weighted by atomic mass is 10.1. The van der Waals surface area contributed by atoms with Gasteiger partial charge in [-0.25, -0.2) is 9.97 Å². The zero-order valence-electron chi connectivity index (χ0n) is 30.7. The lowest BCUT2D eigenvalue weighted by molar-refractivity contribution is 1.17. The van der Waals surface area contributed by atoms with Gasteiger partial charge in [-0.05, 0) is 66.7 Å². The van der Waals surface area contributed by atoms with Crippen LogP contribution < -0.4 is 0 Å². The largest absolute Gasteiger partial charge is 0.309 e. The van der Waals surface area contributed by atoms with Gasteiger partial charge in [0.1, 0.15) is 0 Å². The number of fused-ring (bicyclic) bond motifs is 10. The Morgan fingerprint density at radius 2 is 0.895 bits per heavy atom. The average Bonchev–Trinajstić information content (AvgIpc) is 3.94. The summed E-state index contributed by atoms with van der Waals surface area (Å²) in [6.07, 6.45) is 0. The lowest BCUT2D eigenvalue weighted by Gasteiger charge is -2.11. The minimum atomic E-state index is 0.704. The van der Waals surface area contributed by atoms with Gasteiger partial charge in [0.15, 0.2) is 5.82 Å². The standard InChI is InChI=1S/C52H32N4S/c1-4-14-33(15-5-1)44-31-45(34-16-6-2-7-17-34)54-52(53-44)35-24-26-37(27-25-35)56-47-23-13-10-20-38(47)40-28-29-41-43-30-42-39-21-11-12-22-46(39)55(36-18-8-3-9-19-36)48(42)32-49(43)57-51(41)50(40)56/h1-32H. The van der Waals surface area contributed by atoms with Gasteiger partial charge < -0.3 is 9.13 Å². The molecule has 0 aliphatic carbocycles. The van der Waals surface area contributed by atoms with Crippen molar-refractivity contribution in [2.75, 3.05) is 0 Å². The van der Waals surface area contributed by atoms with Crippen LogP contribution in [0.25, 0.3) is 109 Å². The van der Waals surface area contributed by atoms with E-state index in [1.54, 1.807) is 0 Å². The summed E-state index contributed by atoms with van der Waals surface area (Å²) in [5, 5.41) is 7.60. The normalized spacial score (nSPS) is 11.9. The van der Waals surface area contributed by atoms with Crippen molar-refractivity contribution in [3.05, 3.63) is 194 Å². The Bertz CT molecular complexity index is 3430. The van der Waals surface area contributed by atoms with Crippen molar-refractivity contribution < 1.29 is 0 Å². The third-order valence-corrected chi connectivity index (χ3v) is 12.5. The first-order chi connectivity index (χ1) is 28.3. The van der Waals surface area contributed by atoms with Gasteiger partial charge in [0.25, 0.3) is 0 Å². The van der Waals surface area contributed by atoms with E-state index in [1.807, 2.05) is 23.5 Å². The Balaban J connectivity index is 1.06. The molecule has 0 aliphatic rings. The minimum absolute atomic E-state index is 0.704. The lowest BCUT2D eigenvalue weighted by Crippen LogP contribution is -1.97. The number of rotatable bonds is 5. The van der Waals surface area contributed by atoms with Gasteiger partial charge in [-0.1, -0.05) is 127 Å². The molecule has 0 atom stereocenters. The first-order valence-corrected chi connectivity index (χ1v) is 20.1. The fourth-order valence-electron chi connectivity index (χ4n) is 8.72. The number of aromatic nitrogens is 4. The van der Waals surface area contributed by atoms with Crippen LogP contribution in [0.4, 0.5) is 0 Å². The number of benzene rings is 8. The summed E-state index contributed by atoms with van der Waals surface area (Å²) in [7, 11) is 0. The number of thiophene rings is 1. The third-order valence-electron chi connectivity index (χ3n) is 11.3. The highest BCUT2D eigenvalue weighted by Crippen LogP contribution is 2.45. The molecule has 0 saturated carbocycles. The quantitative estimate of drug-likeness (QED) is 0.176. The molecule has 0 fully saturated rings. The molecule has 12 aromatic rings. The SMILES string of the molecule is c1ccc(-c2cc(-c3ccccc3)nc(-c3ccc(-n4c5ccccc5c5ccc6c7cc8c9ccccc9n(-c9ccccc9)c8cc7sc6c54)cc3)n2)cc1. The Labute approximate surface area is 332 Å². The van der Waals surface area contributed by atoms with Crippen molar-refractivity contribution >= 4 is 75.1 Å². The van der Waals surface area contributed by atoms with E-state index >= 15 is 0 Å². The molecule has 8 aromatic carbocycles. The van der Waals surface area contributed by atoms with E-state index in [4.69, 9.17) is 9.97 Å². The van der Waals surface area contributed by atoms with Crippen molar-refractivity contribution in [1.29, 1.82) is 0 Å². The molecule has 0 bridgehead atoms. The summed E-state index contributed by atoms with van der Waals surface area (Å²) in [5.41, 5.74) is 12.0. The van der Waals surface area contributed by atoms with Crippen LogP contribution in [0, 0.1) is 0 Å². The Morgan fingerprint density at radius 1 is 0.351 bits per heavy atom. The molecule has 0 amide bonds. The van der Waals surface area contributed by atoms with E-state index in [2.05, 4.69) is 191 Å². The molecule has 4 aromatic heterocycles. The molecular weight excluding hydrogens is 713 g/mol. The summed E-state index contributed by atoms with van der Waals surface area (Å²) < 4.78 is 7.42. The molecule has 12 rings (SSSR count). The predicted octanol–water partition coefficient (Wildman–Crippen LogP) is 14.0. The molecular formula is C52H32N4S. The van der Waals surface area contributed by atoms with E-state index in [0.29, 0.717) is 5.82 Å². The van der Waals surface area contributed by atoms with Crippen molar-refractivity contribution in [3.63, 3.8) is 0 Å². The van der Waals surface area contributed by atoms with Crippen LogP contribution in [-0.4, -0.2) is 19.1 Å². The maximum atomic E-state index is 5.10. The van der Waals surface area contributed by atoms with Crippen molar-refractivity contribution in [2.24, 2.45) is 0 Å². The first kappa shape index (κ1) is 32.0. The molecule has 0 saturated heterocycles. The summed E-state index contributed by atoms with van der Waals surface area (Å²) in [4.78, 5) is 10.2. The highest BCUT2D eigenvalue weighted by atomic mass is 32.1. The maximum absolute atomic E-state index is 5.10. The van der Waals surface area contributed by atoms with Crippen molar-refractivity contribution in [1.82, 2.24) is 19.1 Å². The summed E-state index contributed by atoms with van der Waals surface area (Å²) in [6, 6.07) is 69.3. The monoisotopic (exact) mass is 744 g/mol. The van der Waals surface area contributed by atoms with E-state index in [1.165, 1.54) is 69.5 Å².